The summed E-state index contributed by atoms with van der Waals surface area (Å²) in [5.41, 5.74) is 2.54. The predicted molar refractivity (Wildman–Crippen MR) is 94.0 cm³/mol. The molecule has 26 heavy (non-hydrogen) atoms. The lowest BCUT2D eigenvalue weighted by Gasteiger charge is -2.03. The summed E-state index contributed by atoms with van der Waals surface area (Å²) < 4.78 is 8.63. The van der Waals surface area contributed by atoms with Crippen LogP contribution in [0.3, 0.4) is 0 Å². The van der Waals surface area contributed by atoms with Crippen LogP contribution in [-0.4, -0.2) is 29.5 Å². The van der Waals surface area contributed by atoms with E-state index in [-0.39, 0.29) is 17.6 Å². The summed E-state index contributed by atoms with van der Waals surface area (Å²) in [4.78, 5) is 21.5. The van der Waals surface area contributed by atoms with E-state index in [0.717, 1.165) is 11.2 Å². The van der Waals surface area contributed by atoms with E-state index < -0.39 is 0 Å². The number of hydrogen-bond donors (Lipinski definition) is 0. The molecule has 2 aromatic carbocycles. The fourth-order valence-electron chi connectivity index (χ4n) is 2.83. The lowest BCUT2D eigenvalue weighted by molar-refractivity contribution is 0.503. The standard InChI is InChI=1S/C18H12N6O2/c25-18-16-17(24(22-21-16)12-6-2-1-3-7-12)19-11-23(18)10-15-20-13-8-4-5-9-14(13)26-15/h1-9,11H,10H2. The van der Waals surface area contributed by atoms with Crippen molar-refractivity contribution in [2.75, 3.05) is 0 Å². The van der Waals surface area contributed by atoms with Gasteiger partial charge >= 0.3 is 0 Å². The lowest BCUT2D eigenvalue weighted by atomic mass is 10.3. The summed E-state index contributed by atoms with van der Waals surface area (Å²) in [5.74, 6) is 0.435. The minimum atomic E-state index is -0.292. The van der Waals surface area contributed by atoms with Crippen molar-refractivity contribution in [3.63, 3.8) is 0 Å². The van der Waals surface area contributed by atoms with Crippen LogP contribution in [0.25, 0.3) is 28.0 Å². The highest BCUT2D eigenvalue weighted by molar-refractivity contribution is 5.72. The summed E-state index contributed by atoms with van der Waals surface area (Å²) in [7, 11) is 0. The molecule has 0 saturated carbocycles. The molecule has 0 aliphatic heterocycles. The Labute approximate surface area is 146 Å². The highest BCUT2D eigenvalue weighted by Crippen LogP contribution is 2.15. The van der Waals surface area contributed by atoms with E-state index in [1.807, 2.05) is 54.6 Å². The second-order valence-corrected chi connectivity index (χ2v) is 5.76. The summed E-state index contributed by atoms with van der Waals surface area (Å²) in [6, 6.07) is 16.9. The molecule has 8 nitrogen and oxygen atoms in total. The quantitative estimate of drug-likeness (QED) is 0.498. The Bertz CT molecular complexity index is 1250. The van der Waals surface area contributed by atoms with Gasteiger partial charge in [0.2, 0.25) is 5.89 Å². The molecule has 5 rings (SSSR count). The van der Waals surface area contributed by atoms with Crippen LogP contribution in [0.2, 0.25) is 0 Å². The molecule has 0 aliphatic rings. The number of aromatic nitrogens is 6. The van der Waals surface area contributed by atoms with Crippen molar-refractivity contribution in [1.29, 1.82) is 0 Å². The summed E-state index contributed by atoms with van der Waals surface area (Å²) in [6.45, 7) is 0.175. The Balaban J connectivity index is 1.57. The Morgan fingerprint density at radius 1 is 1.00 bits per heavy atom. The maximum absolute atomic E-state index is 12.7. The van der Waals surface area contributed by atoms with Crippen LogP contribution in [0.5, 0.6) is 0 Å². The predicted octanol–water partition coefficient (Wildman–Crippen LogP) is 2.17. The molecule has 8 heteroatoms. The van der Waals surface area contributed by atoms with Gasteiger partial charge in [-0.15, -0.1) is 5.10 Å². The molecular weight excluding hydrogens is 332 g/mol. The fourth-order valence-corrected chi connectivity index (χ4v) is 2.83. The van der Waals surface area contributed by atoms with Gasteiger partial charge in [0, 0.05) is 0 Å². The van der Waals surface area contributed by atoms with Crippen molar-refractivity contribution in [2.45, 2.75) is 6.54 Å². The number of oxazole rings is 1. The molecule has 5 aromatic rings. The molecule has 3 aromatic heterocycles. The van der Waals surface area contributed by atoms with Crippen molar-refractivity contribution in [2.24, 2.45) is 0 Å². The number of rotatable bonds is 3. The Morgan fingerprint density at radius 3 is 2.65 bits per heavy atom. The minimum Gasteiger partial charge on any atom is -0.439 e. The van der Waals surface area contributed by atoms with Gasteiger partial charge in [-0.25, -0.2) is 9.97 Å². The first kappa shape index (κ1) is 14.5. The highest BCUT2D eigenvalue weighted by Gasteiger charge is 2.14. The number of benzene rings is 2. The molecule has 0 aliphatic carbocycles. The molecule has 3 heterocycles. The van der Waals surface area contributed by atoms with Gasteiger partial charge in [0.1, 0.15) is 18.4 Å². The van der Waals surface area contributed by atoms with E-state index in [2.05, 4.69) is 20.3 Å². The van der Waals surface area contributed by atoms with Gasteiger partial charge in [0.15, 0.2) is 16.7 Å². The van der Waals surface area contributed by atoms with Gasteiger partial charge in [-0.1, -0.05) is 35.5 Å². The number of hydrogen-bond acceptors (Lipinski definition) is 6. The largest absolute Gasteiger partial charge is 0.439 e. The lowest BCUT2D eigenvalue weighted by Crippen LogP contribution is -2.21. The molecule has 0 atom stereocenters. The maximum atomic E-state index is 12.7. The van der Waals surface area contributed by atoms with Crippen LogP contribution in [0.1, 0.15) is 5.89 Å². The van der Waals surface area contributed by atoms with Crippen LogP contribution in [0.4, 0.5) is 0 Å². The molecule has 0 N–H and O–H groups in total. The van der Waals surface area contributed by atoms with Crippen molar-refractivity contribution >= 4 is 22.3 Å². The van der Waals surface area contributed by atoms with E-state index >= 15 is 0 Å². The minimum absolute atomic E-state index is 0.175. The Hall–Kier alpha value is -3.81. The second kappa shape index (κ2) is 5.62. The van der Waals surface area contributed by atoms with E-state index in [1.165, 1.54) is 10.9 Å². The number of para-hydroxylation sites is 3. The van der Waals surface area contributed by atoms with E-state index in [1.54, 1.807) is 4.68 Å². The van der Waals surface area contributed by atoms with Crippen LogP contribution in [0, 0.1) is 0 Å². The van der Waals surface area contributed by atoms with E-state index in [9.17, 15) is 4.79 Å². The van der Waals surface area contributed by atoms with Gasteiger partial charge in [-0.05, 0) is 24.3 Å². The zero-order chi connectivity index (χ0) is 17.5. The van der Waals surface area contributed by atoms with Gasteiger partial charge in [-0.3, -0.25) is 9.36 Å². The van der Waals surface area contributed by atoms with Gasteiger partial charge < -0.3 is 4.42 Å². The smallest absolute Gasteiger partial charge is 0.284 e. The molecule has 0 spiro atoms. The Morgan fingerprint density at radius 2 is 1.81 bits per heavy atom. The van der Waals surface area contributed by atoms with Crippen molar-refractivity contribution < 1.29 is 4.42 Å². The third-order valence-corrected chi connectivity index (χ3v) is 4.07. The topological polar surface area (TPSA) is 91.6 Å². The zero-order valence-corrected chi connectivity index (χ0v) is 13.5. The molecular formula is C18H12N6O2. The second-order valence-electron chi connectivity index (χ2n) is 5.76. The van der Waals surface area contributed by atoms with Crippen molar-refractivity contribution in [1.82, 2.24) is 29.5 Å². The molecule has 0 bridgehead atoms. The van der Waals surface area contributed by atoms with Gasteiger partial charge in [0.05, 0.1) is 5.69 Å². The van der Waals surface area contributed by atoms with E-state index in [4.69, 9.17) is 4.42 Å². The third kappa shape index (κ3) is 2.27. The third-order valence-electron chi connectivity index (χ3n) is 4.07. The SMILES string of the molecule is O=c1c2nnn(-c3ccccc3)c2ncn1Cc1nc2ccccc2o1. The molecule has 0 saturated heterocycles. The van der Waals surface area contributed by atoms with Crippen LogP contribution >= 0.6 is 0 Å². The molecule has 0 unspecified atom stereocenters. The molecule has 0 amide bonds. The first-order valence-corrected chi connectivity index (χ1v) is 8.00. The maximum Gasteiger partial charge on any atom is 0.284 e. The van der Waals surface area contributed by atoms with E-state index in [0.29, 0.717) is 17.1 Å². The molecule has 0 radical (unpaired) electrons. The summed E-state index contributed by atoms with van der Waals surface area (Å²) in [5, 5.41) is 8.07. The first-order chi connectivity index (χ1) is 12.8. The zero-order valence-electron chi connectivity index (χ0n) is 13.5. The molecule has 0 fully saturated rings. The van der Waals surface area contributed by atoms with Crippen LogP contribution < -0.4 is 5.56 Å². The average Bonchev–Trinajstić information content (AvgIpc) is 3.28. The van der Waals surface area contributed by atoms with Crippen molar-refractivity contribution in [3.8, 4) is 5.69 Å². The van der Waals surface area contributed by atoms with Crippen LogP contribution in [0.15, 0.2) is 70.1 Å². The van der Waals surface area contributed by atoms with Crippen LogP contribution in [-0.2, 0) is 6.54 Å². The van der Waals surface area contributed by atoms with Crippen molar-refractivity contribution in [3.05, 3.63) is 77.2 Å². The summed E-state index contributed by atoms with van der Waals surface area (Å²) >= 11 is 0. The monoisotopic (exact) mass is 344 g/mol. The number of nitrogens with zero attached hydrogens (tertiary/aromatic N) is 6. The average molecular weight is 344 g/mol. The molecule has 126 valence electrons. The Kier molecular flexibility index (Phi) is 3.14. The first-order valence-electron chi connectivity index (χ1n) is 8.00. The van der Waals surface area contributed by atoms with Gasteiger partial charge in [0.25, 0.3) is 5.56 Å². The summed E-state index contributed by atoms with van der Waals surface area (Å²) in [6.07, 6.45) is 1.46. The fraction of sp³-hybridized carbons (Fsp3) is 0.0556. The number of fused-ring (bicyclic) bond motifs is 2. The highest BCUT2D eigenvalue weighted by atomic mass is 16.3. The van der Waals surface area contributed by atoms with Gasteiger partial charge in [-0.2, -0.15) is 4.68 Å². The normalized spacial score (nSPS) is 11.4.